The van der Waals surface area contributed by atoms with Gasteiger partial charge >= 0.3 is 0 Å². The van der Waals surface area contributed by atoms with Crippen LogP contribution >= 0.6 is 0 Å². The number of Topliss-reactive ketones (excluding diaryl/α,β-unsaturated/α-hetero) is 1. The number of hydrogen-bond acceptors (Lipinski definition) is 4. The van der Waals surface area contributed by atoms with Gasteiger partial charge in [0, 0.05) is 23.6 Å². The minimum atomic E-state index is -0.499. The number of amides is 2. The molecule has 2 amide bonds. The van der Waals surface area contributed by atoms with Crippen molar-refractivity contribution in [3.63, 3.8) is 0 Å². The molecule has 0 fully saturated rings. The van der Waals surface area contributed by atoms with Crippen molar-refractivity contribution >= 4 is 23.3 Å². The lowest BCUT2D eigenvalue weighted by molar-refractivity contribution is -0.205. The van der Waals surface area contributed by atoms with Crippen molar-refractivity contribution in [2.24, 2.45) is 17.3 Å². The second-order valence-electron chi connectivity index (χ2n) is 10.2. The van der Waals surface area contributed by atoms with Crippen LogP contribution in [0, 0.1) is 17.3 Å². The van der Waals surface area contributed by atoms with Crippen molar-refractivity contribution in [1.29, 1.82) is 0 Å². The maximum Gasteiger partial charge on any atom is 0.243 e. The minimum absolute atomic E-state index is 0.0977. The Labute approximate surface area is 200 Å². The van der Waals surface area contributed by atoms with Crippen molar-refractivity contribution in [2.75, 3.05) is 11.9 Å². The summed E-state index contributed by atoms with van der Waals surface area (Å²) in [4.78, 5) is 43.4. The molecule has 0 aliphatic carbocycles. The van der Waals surface area contributed by atoms with E-state index in [1.54, 1.807) is 24.3 Å². The Kier molecular flexibility index (Phi) is 11.8. The van der Waals surface area contributed by atoms with Gasteiger partial charge in [0.1, 0.15) is 6.54 Å². The number of hydrogen-bond donors (Lipinski definition) is 1. The fourth-order valence-corrected chi connectivity index (χ4v) is 3.23. The van der Waals surface area contributed by atoms with Gasteiger partial charge in [-0.15, -0.1) is 0 Å². The summed E-state index contributed by atoms with van der Waals surface area (Å²) in [5.74, 6) is 0.330. The van der Waals surface area contributed by atoms with Crippen LogP contribution in [0.4, 0.5) is 5.69 Å². The molecule has 6 heteroatoms. The molecule has 0 aliphatic rings. The zero-order valence-electron chi connectivity index (χ0n) is 21.9. The second kappa shape index (κ2) is 13.5. The van der Waals surface area contributed by atoms with Gasteiger partial charge in [0.15, 0.2) is 5.78 Å². The summed E-state index contributed by atoms with van der Waals surface area (Å²) in [6, 6.07) is 6.80. The van der Waals surface area contributed by atoms with Crippen LogP contribution in [-0.4, -0.2) is 35.3 Å². The van der Waals surface area contributed by atoms with Crippen LogP contribution in [0.3, 0.4) is 0 Å². The summed E-state index contributed by atoms with van der Waals surface area (Å²) in [7, 11) is 0. The van der Waals surface area contributed by atoms with Gasteiger partial charge in [0.2, 0.25) is 11.8 Å². The fourth-order valence-electron chi connectivity index (χ4n) is 3.23. The Morgan fingerprint density at radius 3 is 2.27 bits per heavy atom. The SMILES string of the molecule is CCC(C)(C)C(=O)Nc1cccc(C(=O)CN(OC(C)C(C)CCCCC(C)C)C(C)=O)c1. The monoisotopic (exact) mass is 460 g/mol. The van der Waals surface area contributed by atoms with Gasteiger partial charge in [-0.1, -0.05) is 72.9 Å². The minimum Gasteiger partial charge on any atom is -0.326 e. The third kappa shape index (κ3) is 10.1. The summed E-state index contributed by atoms with van der Waals surface area (Å²) in [5, 5.41) is 4.04. The topological polar surface area (TPSA) is 75.7 Å². The smallest absolute Gasteiger partial charge is 0.243 e. The van der Waals surface area contributed by atoms with Gasteiger partial charge < -0.3 is 5.32 Å². The second-order valence-corrected chi connectivity index (χ2v) is 10.2. The first kappa shape index (κ1) is 28.8. The fraction of sp³-hybridized carbons (Fsp3) is 0.667. The quantitative estimate of drug-likeness (QED) is 0.202. The van der Waals surface area contributed by atoms with Gasteiger partial charge in [0.05, 0.1) is 6.10 Å². The summed E-state index contributed by atoms with van der Waals surface area (Å²) in [6.45, 7) is 15.5. The number of nitrogens with zero attached hydrogens (tertiary/aromatic N) is 1. The molecule has 1 aromatic rings. The van der Waals surface area contributed by atoms with Gasteiger partial charge in [-0.05, 0) is 43.7 Å². The molecule has 186 valence electrons. The van der Waals surface area contributed by atoms with Crippen LogP contribution in [0.5, 0.6) is 0 Å². The number of carbonyl (C=O) groups is 3. The van der Waals surface area contributed by atoms with Crippen LogP contribution in [0.1, 0.15) is 97.9 Å². The molecule has 1 N–H and O–H groups in total. The van der Waals surface area contributed by atoms with Gasteiger partial charge in [-0.3, -0.25) is 19.2 Å². The highest BCUT2D eigenvalue weighted by molar-refractivity contribution is 6.01. The van der Waals surface area contributed by atoms with E-state index in [1.165, 1.54) is 19.8 Å². The van der Waals surface area contributed by atoms with E-state index in [0.717, 1.165) is 17.9 Å². The van der Waals surface area contributed by atoms with Crippen molar-refractivity contribution in [3.8, 4) is 0 Å². The van der Waals surface area contributed by atoms with E-state index < -0.39 is 5.41 Å². The van der Waals surface area contributed by atoms with E-state index in [4.69, 9.17) is 4.84 Å². The normalized spacial score (nSPS) is 13.5. The van der Waals surface area contributed by atoms with Crippen LogP contribution < -0.4 is 5.32 Å². The average molecular weight is 461 g/mol. The summed E-state index contributed by atoms with van der Waals surface area (Å²) in [5.41, 5.74) is 0.485. The first-order valence-electron chi connectivity index (χ1n) is 12.3. The lowest BCUT2D eigenvalue weighted by atomic mass is 9.89. The zero-order chi connectivity index (χ0) is 25.2. The molecule has 0 radical (unpaired) electrons. The number of hydroxylamine groups is 2. The molecule has 1 rings (SSSR count). The highest BCUT2D eigenvalue weighted by Crippen LogP contribution is 2.23. The number of unbranched alkanes of at least 4 members (excludes halogenated alkanes) is 1. The lowest BCUT2D eigenvalue weighted by Gasteiger charge is -2.27. The number of rotatable bonds is 14. The van der Waals surface area contributed by atoms with Crippen LogP contribution in [-0.2, 0) is 14.4 Å². The molecule has 0 saturated heterocycles. The van der Waals surface area contributed by atoms with E-state index in [1.807, 2.05) is 27.7 Å². The van der Waals surface area contributed by atoms with Gasteiger partial charge in [0.25, 0.3) is 0 Å². The molecule has 33 heavy (non-hydrogen) atoms. The lowest BCUT2D eigenvalue weighted by Crippen LogP contribution is -2.38. The first-order chi connectivity index (χ1) is 15.4. The molecule has 6 nitrogen and oxygen atoms in total. The maximum absolute atomic E-state index is 12.9. The third-order valence-electron chi connectivity index (χ3n) is 6.37. The number of ketones is 1. The van der Waals surface area contributed by atoms with Crippen molar-refractivity contribution in [3.05, 3.63) is 29.8 Å². The summed E-state index contributed by atoms with van der Waals surface area (Å²) >= 11 is 0. The number of carbonyl (C=O) groups excluding carboxylic acids is 3. The van der Waals surface area contributed by atoms with Crippen LogP contribution in [0.15, 0.2) is 24.3 Å². The molecule has 0 heterocycles. The molecular weight excluding hydrogens is 416 g/mol. The molecule has 1 aromatic carbocycles. The van der Waals surface area contributed by atoms with E-state index in [-0.39, 0.29) is 36.2 Å². The van der Waals surface area contributed by atoms with Crippen LogP contribution in [0.25, 0.3) is 0 Å². The van der Waals surface area contributed by atoms with E-state index in [9.17, 15) is 14.4 Å². The number of nitrogens with one attached hydrogen (secondary N) is 1. The molecule has 2 unspecified atom stereocenters. The molecule has 0 aromatic heterocycles. The third-order valence-corrected chi connectivity index (χ3v) is 6.37. The predicted molar refractivity (Wildman–Crippen MR) is 134 cm³/mol. The summed E-state index contributed by atoms with van der Waals surface area (Å²) in [6.07, 6.45) is 5.07. The average Bonchev–Trinajstić information content (AvgIpc) is 2.75. The van der Waals surface area contributed by atoms with Gasteiger partial charge in [-0.25, -0.2) is 5.06 Å². The predicted octanol–water partition coefficient (Wildman–Crippen LogP) is 6.27. The molecule has 0 saturated carbocycles. The number of benzene rings is 1. The van der Waals surface area contributed by atoms with Gasteiger partial charge in [-0.2, -0.15) is 0 Å². The first-order valence-corrected chi connectivity index (χ1v) is 12.3. The van der Waals surface area contributed by atoms with Crippen molar-refractivity contribution < 1.29 is 19.2 Å². The Morgan fingerprint density at radius 1 is 1.06 bits per heavy atom. The summed E-state index contributed by atoms with van der Waals surface area (Å²) < 4.78 is 0. The molecular formula is C27H44N2O4. The van der Waals surface area contributed by atoms with Crippen molar-refractivity contribution in [2.45, 2.75) is 93.6 Å². The van der Waals surface area contributed by atoms with E-state index in [2.05, 4.69) is 26.1 Å². The molecule has 0 aliphatic heterocycles. The highest BCUT2D eigenvalue weighted by Gasteiger charge is 2.26. The highest BCUT2D eigenvalue weighted by atomic mass is 16.7. The molecule has 0 bridgehead atoms. The largest absolute Gasteiger partial charge is 0.326 e. The Bertz CT molecular complexity index is 788. The maximum atomic E-state index is 12.9. The Morgan fingerprint density at radius 2 is 1.70 bits per heavy atom. The Balaban J connectivity index is 2.74. The number of anilines is 1. The van der Waals surface area contributed by atoms with E-state index in [0.29, 0.717) is 23.6 Å². The molecule has 2 atom stereocenters. The van der Waals surface area contributed by atoms with Crippen molar-refractivity contribution in [1.82, 2.24) is 5.06 Å². The van der Waals surface area contributed by atoms with E-state index >= 15 is 0 Å². The standard InChI is InChI=1S/C27H44N2O4/c1-9-27(7,8)26(32)28-24-16-12-15-23(17-24)25(31)18-29(22(6)30)33-21(5)20(4)14-11-10-13-19(2)3/h12,15-17,19-21H,9-11,13-14,18H2,1-8H3,(H,28,32). The zero-order valence-corrected chi connectivity index (χ0v) is 21.9. The Hall–Kier alpha value is -2.21. The molecule has 0 spiro atoms. The van der Waals surface area contributed by atoms with Crippen LogP contribution in [0.2, 0.25) is 0 Å².